The van der Waals surface area contributed by atoms with Gasteiger partial charge in [0, 0.05) is 31.8 Å². The average Bonchev–Trinajstić information content (AvgIpc) is 2.95. The number of aryl methyl sites for hydroxylation is 1. The Bertz CT molecular complexity index is 486. The third-order valence-electron chi connectivity index (χ3n) is 4.05. The molecule has 1 amide bonds. The highest BCUT2D eigenvalue weighted by Crippen LogP contribution is 2.47. The number of hydrogen-bond acceptors (Lipinski definition) is 3. The van der Waals surface area contributed by atoms with E-state index in [1.54, 1.807) is 18.7 Å². The lowest BCUT2D eigenvalue weighted by Gasteiger charge is -2.28. The number of aliphatic hydroxyl groups is 1. The normalized spacial score (nSPS) is 21.4. The minimum Gasteiger partial charge on any atom is -0.466 e. The van der Waals surface area contributed by atoms with E-state index < -0.39 is 5.60 Å². The quantitative estimate of drug-likeness (QED) is 0.841. The smallest absolute Gasteiger partial charge is 0.223 e. The monoisotopic (exact) mass is 293 g/mol. The third kappa shape index (κ3) is 4.60. The fraction of sp³-hybridized carbons (Fsp3) is 0.706. The minimum atomic E-state index is -0.856. The van der Waals surface area contributed by atoms with Gasteiger partial charge in [-0.15, -0.1) is 0 Å². The molecule has 4 heteroatoms. The second-order valence-corrected chi connectivity index (χ2v) is 6.84. The maximum absolute atomic E-state index is 12.2. The number of rotatable bonds is 7. The molecule has 2 atom stereocenters. The summed E-state index contributed by atoms with van der Waals surface area (Å²) in [7, 11) is 0. The summed E-state index contributed by atoms with van der Waals surface area (Å²) in [6, 6.07) is 4.03. The third-order valence-corrected chi connectivity index (χ3v) is 4.05. The fourth-order valence-corrected chi connectivity index (χ4v) is 2.68. The Kier molecular flexibility index (Phi) is 4.77. The van der Waals surface area contributed by atoms with Crippen LogP contribution in [0.15, 0.2) is 16.5 Å². The van der Waals surface area contributed by atoms with Crippen molar-refractivity contribution in [2.45, 2.75) is 58.5 Å². The average molecular weight is 293 g/mol. The summed E-state index contributed by atoms with van der Waals surface area (Å²) in [4.78, 5) is 13.9. The van der Waals surface area contributed by atoms with E-state index in [-0.39, 0.29) is 5.91 Å². The van der Waals surface area contributed by atoms with E-state index in [1.165, 1.54) is 6.42 Å². The number of carbonyl (C=O) groups excluding carboxylic acids is 1. The van der Waals surface area contributed by atoms with Crippen LogP contribution >= 0.6 is 0 Å². The van der Waals surface area contributed by atoms with E-state index in [1.807, 2.05) is 19.1 Å². The summed E-state index contributed by atoms with van der Waals surface area (Å²) in [6.45, 7) is 8.59. The molecule has 21 heavy (non-hydrogen) atoms. The second-order valence-electron chi connectivity index (χ2n) is 6.84. The number of likely N-dealkylation sites (N-methyl/N-ethyl adjacent to an activating group) is 1. The lowest BCUT2D eigenvalue weighted by Crippen LogP contribution is -2.42. The molecule has 2 unspecified atom stereocenters. The van der Waals surface area contributed by atoms with Gasteiger partial charge in [0.05, 0.1) is 5.60 Å². The van der Waals surface area contributed by atoms with Crippen molar-refractivity contribution in [3.63, 3.8) is 0 Å². The first-order valence-corrected chi connectivity index (χ1v) is 7.89. The first-order chi connectivity index (χ1) is 9.80. The van der Waals surface area contributed by atoms with Gasteiger partial charge in [-0.2, -0.15) is 0 Å². The molecule has 1 aromatic heterocycles. The first kappa shape index (κ1) is 16.1. The van der Waals surface area contributed by atoms with Gasteiger partial charge in [-0.05, 0) is 45.2 Å². The lowest BCUT2D eigenvalue weighted by atomic mass is 10.1. The number of hydrogen-bond donors (Lipinski definition) is 1. The zero-order chi connectivity index (χ0) is 15.6. The topological polar surface area (TPSA) is 53.7 Å². The molecule has 1 aliphatic carbocycles. The molecule has 0 bridgehead atoms. The minimum absolute atomic E-state index is 0.0670. The summed E-state index contributed by atoms with van der Waals surface area (Å²) in [5.41, 5.74) is -0.856. The Labute approximate surface area is 127 Å². The van der Waals surface area contributed by atoms with Crippen LogP contribution in [-0.4, -0.2) is 34.6 Å². The van der Waals surface area contributed by atoms with Gasteiger partial charge < -0.3 is 14.4 Å². The Hall–Kier alpha value is -1.29. The molecule has 118 valence electrons. The van der Waals surface area contributed by atoms with Crippen molar-refractivity contribution in [2.24, 2.45) is 5.92 Å². The first-order valence-electron chi connectivity index (χ1n) is 7.89. The number of nitrogens with zero attached hydrogens (tertiary/aromatic N) is 1. The molecule has 1 aromatic rings. The van der Waals surface area contributed by atoms with E-state index in [9.17, 15) is 9.90 Å². The van der Waals surface area contributed by atoms with Gasteiger partial charge >= 0.3 is 0 Å². The molecular formula is C17H27NO3. The van der Waals surface area contributed by atoms with Crippen molar-refractivity contribution in [1.29, 1.82) is 0 Å². The van der Waals surface area contributed by atoms with Crippen molar-refractivity contribution < 1.29 is 14.3 Å². The maximum Gasteiger partial charge on any atom is 0.223 e. The van der Waals surface area contributed by atoms with E-state index in [2.05, 4.69) is 6.92 Å². The van der Waals surface area contributed by atoms with E-state index in [0.717, 1.165) is 17.4 Å². The van der Waals surface area contributed by atoms with Crippen molar-refractivity contribution in [2.75, 3.05) is 13.1 Å². The highest BCUT2D eigenvalue weighted by atomic mass is 16.3. The molecular weight excluding hydrogens is 266 g/mol. The van der Waals surface area contributed by atoms with E-state index in [4.69, 9.17) is 4.42 Å². The van der Waals surface area contributed by atoms with Crippen LogP contribution in [0.3, 0.4) is 0 Å². The van der Waals surface area contributed by atoms with Gasteiger partial charge in [-0.3, -0.25) is 4.79 Å². The zero-order valence-corrected chi connectivity index (χ0v) is 13.6. The van der Waals surface area contributed by atoms with Crippen molar-refractivity contribution >= 4 is 5.91 Å². The summed E-state index contributed by atoms with van der Waals surface area (Å²) in [5.74, 6) is 3.33. The molecule has 1 heterocycles. The molecule has 4 nitrogen and oxygen atoms in total. The van der Waals surface area contributed by atoms with Gasteiger partial charge in [0.25, 0.3) is 0 Å². The van der Waals surface area contributed by atoms with Crippen molar-refractivity contribution in [3.05, 3.63) is 23.7 Å². The van der Waals surface area contributed by atoms with Crippen LogP contribution < -0.4 is 0 Å². The molecule has 1 aliphatic rings. The Morgan fingerprint density at radius 1 is 1.48 bits per heavy atom. The highest BCUT2D eigenvalue weighted by molar-refractivity contribution is 5.76. The Balaban J connectivity index is 1.83. The van der Waals surface area contributed by atoms with Gasteiger partial charge in [0.2, 0.25) is 5.91 Å². The van der Waals surface area contributed by atoms with E-state index in [0.29, 0.717) is 31.8 Å². The molecule has 0 aromatic carbocycles. The van der Waals surface area contributed by atoms with Crippen LogP contribution in [0.4, 0.5) is 0 Å². The summed E-state index contributed by atoms with van der Waals surface area (Å²) in [6.07, 6.45) is 2.26. The molecule has 0 saturated heterocycles. The predicted octanol–water partition coefficient (Wildman–Crippen LogP) is 2.96. The van der Waals surface area contributed by atoms with Crippen LogP contribution in [0.2, 0.25) is 0 Å². The molecule has 1 fully saturated rings. The van der Waals surface area contributed by atoms with Gasteiger partial charge in [-0.25, -0.2) is 0 Å². The number of carbonyl (C=O) groups is 1. The predicted molar refractivity (Wildman–Crippen MR) is 82.1 cm³/mol. The van der Waals surface area contributed by atoms with Gasteiger partial charge in [-0.1, -0.05) is 6.92 Å². The summed E-state index contributed by atoms with van der Waals surface area (Å²) >= 11 is 0. The zero-order valence-electron chi connectivity index (χ0n) is 13.6. The van der Waals surface area contributed by atoms with Crippen LogP contribution in [0.25, 0.3) is 0 Å². The Morgan fingerprint density at radius 3 is 2.67 bits per heavy atom. The summed E-state index contributed by atoms with van der Waals surface area (Å²) in [5, 5.41) is 9.84. The van der Waals surface area contributed by atoms with Crippen LogP contribution in [0, 0.1) is 5.92 Å². The molecule has 0 radical (unpaired) electrons. The van der Waals surface area contributed by atoms with Crippen LogP contribution in [0.1, 0.15) is 58.0 Å². The maximum atomic E-state index is 12.2. The van der Waals surface area contributed by atoms with Gasteiger partial charge in [0.15, 0.2) is 0 Å². The molecule has 0 aliphatic heterocycles. The van der Waals surface area contributed by atoms with Gasteiger partial charge in [0.1, 0.15) is 11.5 Å². The highest BCUT2D eigenvalue weighted by Gasteiger charge is 2.36. The molecule has 2 rings (SSSR count). The molecule has 0 spiro atoms. The number of furan rings is 1. The van der Waals surface area contributed by atoms with E-state index >= 15 is 0 Å². The van der Waals surface area contributed by atoms with Crippen LogP contribution in [-0.2, 0) is 11.2 Å². The SMILES string of the molecule is CCN(CC(C)(C)O)C(=O)CCc1ccc(C2CC2C)o1. The lowest BCUT2D eigenvalue weighted by molar-refractivity contribution is -0.133. The number of amides is 1. The van der Waals surface area contributed by atoms with Crippen LogP contribution in [0.5, 0.6) is 0 Å². The molecule has 1 saturated carbocycles. The largest absolute Gasteiger partial charge is 0.466 e. The van der Waals surface area contributed by atoms with Crippen molar-refractivity contribution in [3.8, 4) is 0 Å². The summed E-state index contributed by atoms with van der Waals surface area (Å²) < 4.78 is 5.82. The second kappa shape index (κ2) is 6.22. The standard InChI is InChI=1S/C17H27NO3/c1-5-18(11-17(3,4)20)16(19)9-7-13-6-8-15(21-13)14-10-12(14)2/h6,8,12,14,20H,5,7,9-11H2,1-4H3. The Morgan fingerprint density at radius 2 is 2.14 bits per heavy atom. The van der Waals surface area contributed by atoms with Crippen molar-refractivity contribution in [1.82, 2.24) is 4.90 Å². The molecule has 1 N–H and O–H groups in total. The fourth-order valence-electron chi connectivity index (χ4n) is 2.68.